The number of sulfonamides is 1. The van der Waals surface area contributed by atoms with Gasteiger partial charge in [0.15, 0.2) is 0 Å². The van der Waals surface area contributed by atoms with Crippen LogP contribution in [0, 0.1) is 12.8 Å². The number of piperidine rings is 1. The van der Waals surface area contributed by atoms with E-state index in [-0.39, 0.29) is 17.3 Å². The number of nitrogens with one attached hydrogen (secondary N) is 1. The minimum atomic E-state index is -3.67. The van der Waals surface area contributed by atoms with E-state index in [1.165, 1.54) is 16.4 Å². The number of hydrogen-bond donors (Lipinski definition) is 1. The maximum absolute atomic E-state index is 13.0. The standard InChI is InChI=1S/C21H25ClN2O4S/c1-3-28-18-8-10-19(11-9-18)29(26,27)24-12-4-5-16(14-24)21(25)23-17-7-6-15(2)20(22)13-17/h6-11,13,16H,3-5,12,14H2,1-2H3,(H,23,25)/t16-/m0/s1. The molecule has 2 aromatic carbocycles. The molecule has 0 aliphatic carbocycles. The topological polar surface area (TPSA) is 75.7 Å². The lowest BCUT2D eigenvalue weighted by atomic mass is 9.98. The van der Waals surface area contributed by atoms with Gasteiger partial charge in [-0.05, 0) is 68.7 Å². The van der Waals surface area contributed by atoms with Gasteiger partial charge in [0.1, 0.15) is 5.75 Å². The summed E-state index contributed by atoms with van der Waals surface area (Å²) in [5.41, 5.74) is 1.53. The van der Waals surface area contributed by atoms with E-state index < -0.39 is 15.9 Å². The number of aryl methyl sites for hydroxylation is 1. The third-order valence-electron chi connectivity index (χ3n) is 4.97. The molecule has 1 aliphatic heterocycles. The molecule has 156 valence electrons. The summed E-state index contributed by atoms with van der Waals surface area (Å²) in [4.78, 5) is 12.9. The molecular weight excluding hydrogens is 412 g/mol. The molecule has 1 fully saturated rings. The lowest BCUT2D eigenvalue weighted by Crippen LogP contribution is -2.43. The highest BCUT2D eigenvalue weighted by Gasteiger charge is 2.33. The van der Waals surface area contributed by atoms with Crippen molar-refractivity contribution in [2.45, 2.75) is 31.6 Å². The predicted molar refractivity (Wildman–Crippen MR) is 114 cm³/mol. The number of nitrogens with zero attached hydrogens (tertiary/aromatic N) is 1. The Kier molecular flexibility index (Phi) is 6.82. The van der Waals surface area contributed by atoms with Crippen LogP contribution in [0.2, 0.25) is 5.02 Å². The summed E-state index contributed by atoms with van der Waals surface area (Å²) in [7, 11) is -3.67. The van der Waals surface area contributed by atoms with Crippen molar-refractivity contribution in [2.24, 2.45) is 5.92 Å². The second-order valence-electron chi connectivity index (χ2n) is 7.06. The monoisotopic (exact) mass is 436 g/mol. The lowest BCUT2D eigenvalue weighted by molar-refractivity contribution is -0.120. The van der Waals surface area contributed by atoms with Crippen molar-refractivity contribution in [3.05, 3.63) is 53.1 Å². The fraction of sp³-hybridized carbons (Fsp3) is 0.381. The highest BCUT2D eigenvalue weighted by atomic mass is 35.5. The first kappa shape index (κ1) is 21.6. The van der Waals surface area contributed by atoms with Crippen LogP contribution < -0.4 is 10.1 Å². The normalized spacial score (nSPS) is 17.7. The minimum absolute atomic E-state index is 0.154. The summed E-state index contributed by atoms with van der Waals surface area (Å²) in [5.74, 6) is 0.0110. The van der Waals surface area contributed by atoms with Crippen LogP contribution in [0.5, 0.6) is 5.75 Å². The van der Waals surface area contributed by atoms with Gasteiger partial charge in [0.25, 0.3) is 0 Å². The van der Waals surface area contributed by atoms with E-state index >= 15 is 0 Å². The van der Waals surface area contributed by atoms with Gasteiger partial charge in [-0.25, -0.2) is 8.42 Å². The molecule has 2 aromatic rings. The summed E-state index contributed by atoms with van der Waals surface area (Å²) >= 11 is 6.12. The van der Waals surface area contributed by atoms with Crippen LogP contribution in [-0.2, 0) is 14.8 Å². The Morgan fingerprint density at radius 2 is 1.97 bits per heavy atom. The van der Waals surface area contributed by atoms with Crippen molar-refractivity contribution in [3.8, 4) is 5.75 Å². The number of carbonyl (C=O) groups is 1. The van der Waals surface area contributed by atoms with Gasteiger partial charge in [-0.15, -0.1) is 0 Å². The van der Waals surface area contributed by atoms with Gasteiger partial charge in [-0.2, -0.15) is 4.31 Å². The molecular formula is C21H25ClN2O4S. The summed E-state index contributed by atoms with van der Waals surface area (Å²) in [6.45, 7) is 4.82. The predicted octanol–water partition coefficient (Wildman–Crippen LogP) is 4.09. The number of carbonyl (C=O) groups excluding carboxylic acids is 1. The van der Waals surface area contributed by atoms with E-state index in [9.17, 15) is 13.2 Å². The molecule has 8 heteroatoms. The zero-order valence-corrected chi connectivity index (χ0v) is 18.1. The van der Waals surface area contributed by atoms with Gasteiger partial charge < -0.3 is 10.1 Å². The summed E-state index contributed by atoms with van der Waals surface area (Å²) in [6, 6.07) is 11.7. The lowest BCUT2D eigenvalue weighted by Gasteiger charge is -2.31. The van der Waals surface area contributed by atoms with Crippen LogP contribution >= 0.6 is 11.6 Å². The van der Waals surface area contributed by atoms with Crippen LogP contribution in [0.4, 0.5) is 5.69 Å². The van der Waals surface area contributed by atoms with E-state index in [0.29, 0.717) is 42.5 Å². The fourth-order valence-electron chi connectivity index (χ4n) is 3.31. The van der Waals surface area contributed by atoms with E-state index in [2.05, 4.69) is 5.32 Å². The molecule has 0 aromatic heterocycles. The minimum Gasteiger partial charge on any atom is -0.494 e. The van der Waals surface area contributed by atoms with Gasteiger partial charge in [0.05, 0.1) is 17.4 Å². The molecule has 0 unspecified atom stereocenters. The van der Waals surface area contributed by atoms with E-state index in [1.807, 2.05) is 19.9 Å². The number of rotatable bonds is 6. The highest BCUT2D eigenvalue weighted by molar-refractivity contribution is 7.89. The number of benzene rings is 2. The van der Waals surface area contributed by atoms with Gasteiger partial charge >= 0.3 is 0 Å². The van der Waals surface area contributed by atoms with Crippen molar-refractivity contribution >= 4 is 33.2 Å². The number of anilines is 1. The number of halogens is 1. The van der Waals surface area contributed by atoms with Crippen LogP contribution in [0.15, 0.2) is 47.4 Å². The van der Waals surface area contributed by atoms with Crippen LogP contribution in [0.3, 0.4) is 0 Å². The molecule has 0 spiro atoms. The third kappa shape index (κ3) is 5.10. The van der Waals surface area contributed by atoms with Gasteiger partial charge in [0, 0.05) is 23.8 Å². The Balaban J connectivity index is 1.70. The number of amides is 1. The third-order valence-corrected chi connectivity index (χ3v) is 7.25. The summed E-state index contributed by atoms with van der Waals surface area (Å²) in [5, 5.41) is 3.43. The molecule has 1 aliphatic rings. The molecule has 6 nitrogen and oxygen atoms in total. The second kappa shape index (κ2) is 9.15. The Bertz CT molecular complexity index is 977. The number of ether oxygens (including phenoxy) is 1. The van der Waals surface area contributed by atoms with Gasteiger partial charge in [-0.1, -0.05) is 17.7 Å². The Morgan fingerprint density at radius 1 is 1.24 bits per heavy atom. The van der Waals surface area contributed by atoms with E-state index in [1.54, 1.807) is 24.3 Å². The maximum Gasteiger partial charge on any atom is 0.243 e. The van der Waals surface area contributed by atoms with Crippen molar-refractivity contribution < 1.29 is 17.9 Å². The zero-order chi connectivity index (χ0) is 21.0. The van der Waals surface area contributed by atoms with Crippen LogP contribution in [0.1, 0.15) is 25.3 Å². The largest absolute Gasteiger partial charge is 0.494 e. The average molecular weight is 437 g/mol. The molecule has 3 rings (SSSR count). The van der Waals surface area contributed by atoms with Gasteiger partial charge in [0.2, 0.25) is 15.9 Å². The maximum atomic E-state index is 13.0. The van der Waals surface area contributed by atoms with Crippen molar-refractivity contribution in [1.82, 2.24) is 4.31 Å². The van der Waals surface area contributed by atoms with Crippen LogP contribution in [-0.4, -0.2) is 38.3 Å². The first-order valence-corrected chi connectivity index (χ1v) is 11.4. The molecule has 1 amide bonds. The Labute approximate surface area is 176 Å². The Morgan fingerprint density at radius 3 is 2.62 bits per heavy atom. The Hall–Kier alpha value is -2.09. The molecule has 1 N–H and O–H groups in total. The first-order chi connectivity index (χ1) is 13.8. The summed E-state index contributed by atoms with van der Waals surface area (Å²) in [6.07, 6.45) is 1.27. The summed E-state index contributed by atoms with van der Waals surface area (Å²) < 4.78 is 32.8. The fourth-order valence-corrected chi connectivity index (χ4v) is 5.02. The molecule has 29 heavy (non-hydrogen) atoms. The van der Waals surface area contributed by atoms with Crippen molar-refractivity contribution in [2.75, 3.05) is 25.0 Å². The highest BCUT2D eigenvalue weighted by Crippen LogP contribution is 2.27. The quantitative estimate of drug-likeness (QED) is 0.740. The smallest absolute Gasteiger partial charge is 0.243 e. The SMILES string of the molecule is CCOc1ccc(S(=O)(=O)N2CCC[C@H](C(=O)Nc3ccc(C)c(Cl)c3)C2)cc1. The molecule has 1 heterocycles. The molecule has 0 saturated carbocycles. The number of hydrogen-bond acceptors (Lipinski definition) is 4. The average Bonchev–Trinajstić information content (AvgIpc) is 2.71. The van der Waals surface area contributed by atoms with E-state index in [0.717, 1.165) is 5.56 Å². The van der Waals surface area contributed by atoms with Crippen LogP contribution in [0.25, 0.3) is 0 Å². The molecule has 1 saturated heterocycles. The van der Waals surface area contributed by atoms with Gasteiger partial charge in [-0.3, -0.25) is 4.79 Å². The first-order valence-electron chi connectivity index (χ1n) is 9.61. The molecule has 0 bridgehead atoms. The molecule has 1 atom stereocenters. The van der Waals surface area contributed by atoms with Crippen molar-refractivity contribution in [3.63, 3.8) is 0 Å². The van der Waals surface area contributed by atoms with Crippen molar-refractivity contribution in [1.29, 1.82) is 0 Å². The second-order valence-corrected chi connectivity index (χ2v) is 9.40. The van der Waals surface area contributed by atoms with E-state index in [4.69, 9.17) is 16.3 Å². The molecule has 0 radical (unpaired) electrons. The zero-order valence-electron chi connectivity index (χ0n) is 16.5.